The zero-order chi connectivity index (χ0) is 11.0. The summed E-state index contributed by atoms with van der Waals surface area (Å²) in [5.74, 6) is -1.12. The number of carbonyl (C=O) groups is 3. The van der Waals surface area contributed by atoms with Crippen LogP contribution in [0.2, 0.25) is 0 Å². The molecule has 6 nitrogen and oxygen atoms in total. The second kappa shape index (κ2) is 7.02. The van der Waals surface area contributed by atoms with E-state index in [9.17, 15) is 14.4 Å². The fraction of sp³-hybridized carbons (Fsp3) is 0.625. The molecule has 0 bridgehead atoms. The molecule has 0 aromatic rings. The van der Waals surface area contributed by atoms with Gasteiger partial charge in [-0.05, 0) is 0 Å². The van der Waals surface area contributed by atoms with E-state index in [1.165, 1.54) is 14.0 Å². The first-order valence-electron chi connectivity index (χ1n) is 4.01. The largest absolute Gasteiger partial charge is 0.453 e. The highest BCUT2D eigenvalue weighted by Gasteiger charge is 2.06. The molecule has 0 fully saturated rings. The van der Waals surface area contributed by atoms with Crippen LogP contribution in [0.25, 0.3) is 0 Å². The van der Waals surface area contributed by atoms with Crippen LogP contribution < -0.4 is 5.32 Å². The number of amides is 1. The molecule has 0 unspecified atom stereocenters. The molecule has 0 aliphatic carbocycles. The Morgan fingerprint density at radius 2 is 1.93 bits per heavy atom. The summed E-state index contributed by atoms with van der Waals surface area (Å²) in [4.78, 5) is 31.7. The maximum absolute atomic E-state index is 10.7. The third kappa shape index (κ3) is 6.13. The molecule has 0 rings (SSSR count). The zero-order valence-corrected chi connectivity index (χ0v) is 8.16. The van der Waals surface area contributed by atoms with Gasteiger partial charge in [-0.15, -0.1) is 0 Å². The monoisotopic (exact) mass is 203 g/mol. The molecule has 0 radical (unpaired) electrons. The van der Waals surface area contributed by atoms with E-state index >= 15 is 0 Å². The number of ether oxygens (including phenoxy) is 2. The third-order valence-corrected chi connectivity index (χ3v) is 1.33. The Labute approximate surface area is 81.6 Å². The minimum atomic E-state index is -0.580. The summed E-state index contributed by atoms with van der Waals surface area (Å²) >= 11 is 0. The van der Waals surface area contributed by atoms with Crippen molar-refractivity contribution in [1.82, 2.24) is 5.32 Å². The Hall–Kier alpha value is -1.43. The lowest BCUT2D eigenvalue weighted by molar-refractivity contribution is -0.138. The summed E-state index contributed by atoms with van der Waals surface area (Å²) in [6, 6.07) is 0. The molecule has 0 spiro atoms. The van der Waals surface area contributed by atoms with Gasteiger partial charge < -0.3 is 14.8 Å². The normalized spacial score (nSPS) is 9.29. The van der Waals surface area contributed by atoms with Crippen molar-refractivity contribution in [2.45, 2.75) is 6.92 Å². The van der Waals surface area contributed by atoms with Crippen LogP contribution in [-0.4, -0.2) is 44.5 Å². The second-order valence-electron chi connectivity index (χ2n) is 2.45. The van der Waals surface area contributed by atoms with Crippen molar-refractivity contribution in [1.29, 1.82) is 0 Å². The van der Waals surface area contributed by atoms with Crippen molar-refractivity contribution in [2.24, 2.45) is 0 Å². The SMILES string of the molecule is COC(=O)NCCOCC(=O)C(C)=O. The lowest BCUT2D eigenvalue weighted by Gasteiger charge is -2.03. The van der Waals surface area contributed by atoms with Crippen molar-refractivity contribution in [3.63, 3.8) is 0 Å². The van der Waals surface area contributed by atoms with E-state index in [1.54, 1.807) is 0 Å². The molecule has 6 heteroatoms. The van der Waals surface area contributed by atoms with Crippen LogP contribution in [0.3, 0.4) is 0 Å². The molecule has 14 heavy (non-hydrogen) atoms. The number of rotatable bonds is 6. The number of methoxy groups -OCH3 is 1. The molecule has 0 saturated heterocycles. The lowest BCUT2D eigenvalue weighted by atomic mass is 10.3. The van der Waals surface area contributed by atoms with Crippen molar-refractivity contribution >= 4 is 17.7 Å². The highest BCUT2D eigenvalue weighted by molar-refractivity contribution is 6.36. The molecule has 0 aromatic carbocycles. The summed E-state index contributed by atoms with van der Waals surface area (Å²) in [5.41, 5.74) is 0. The van der Waals surface area contributed by atoms with Crippen LogP contribution in [0.1, 0.15) is 6.92 Å². The van der Waals surface area contributed by atoms with Gasteiger partial charge in [0.05, 0.1) is 13.7 Å². The van der Waals surface area contributed by atoms with Gasteiger partial charge in [0, 0.05) is 13.5 Å². The predicted octanol–water partition coefficient (Wildman–Crippen LogP) is -0.483. The van der Waals surface area contributed by atoms with Gasteiger partial charge in [-0.2, -0.15) is 0 Å². The fourth-order valence-corrected chi connectivity index (χ4v) is 0.564. The fourth-order valence-electron chi connectivity index (χ4n) is 0.564. The van der Waals surface area contributed by atoms with Crippen molar-refractivity contribution < 1.29 is 23.9 Å². The van der Waals surface area contributed by atoms with E-state index in [1.807, 2.05) is 0 Å². The van der Waals surface area contributed by atoms with Crippen LogP contribution in [-0.2, 0) is 19.1 Å². The lowest BCUT2D eigenvalue weighted by Crippen LogP contribution is -2.28. The quantitative estimate of drug-likeness (QED) is 0.465. The summed E-state index contributed by atoms with van der Waals surface area (Å²) in [7, 11) is 1.25. The Morgan fingerprint density at radius 1 is 1.29 bits per heavy atom. The average molecular weight is 203 g/mol. The second-order valence-corrected chi connectivity index (χ2v) is 2.45. The van der Waals surface area contributed by atoms with Gasteiger partial charge in [0.2, 0.25) is 5.78 Å². The smallest absolute Gasteiger partial charge is 0.406 e. The maximum Gasteiger partial charge on any atom is 0.406 e. The number of hydrogen-bond acceptors (Lipinski definition) is 5. The van der Waals surface area contributed by atoms with Gasteiger partial charge in [-0.3, -0.25) is 9.59 Å². The molecular formula is C8H13NO5. The summed E-state index contributed by atoms with van der Waals surface area (Å²) < 4.78 is 9.10. The van der Waals surface area contributed by atoms with Gasteiger partial charge in [-0.1, -0.05) is 0 Å². The Balaban J connectivity index is 3.34. The first-order valence-corrected chi connectivity index (χ1v) is 4.01. The Kier molecular flexibility index (Phi) is 6.30. The summed E-state index contributed by atoms with van der Waals surface area (Å²) in [6.07, 6.45) is -0.563. The molecule has 0 saturated carbocycles. The standard InChI is InChI=1S/C8H13NO5/c1-6(10)7(11)5-14-4-3-9-8(12)13-2/h3-5H2,1-2H3,(H,9,12). The number of nitrogens with one attached hydrogen (secondary N) is 1. The van der Waals surface area contributed by atoms with Crippen molar-refractivity contribution in [3.05, 3.63) is 0 Å². The van der Waals surface area contributed by atoms with Crippen molar-refractivity contribution in [2.75, 3.05) is 26.9 Å². The van der Waals surface area contributed by atoms with Crippen LogP contribution in [0, 0.1) is 0 Å². The molecule has 1 amide bonds. The number of ketones is 2. The highest BCUT2D eigenvalue weighted by atomic mass is 16.5. The van der Waals surface area contributed by atoms with E-state index in [4.69, 9.17) is 4.74 Å². The van der Waals surface area contributed by atoms with E-state index in [0.29, 0.717) is 0 Å². The molecule has 0 aliphatic rings. The minimum Gasteiger partial charge on any atom is -0.453 e. The topological polar surface area (TPSA) is 81.7 Å². The van der Waals surface area contributed by atoms with Gasteiger partial charge in [0.25, 0.3) is 0 Å². The Morgan fingerprint density at radius 3 is 2.43 bits per heavy atom. The number of Topliss-reactive ketones (excluding diaryl/α,β-unsaturated/α-hetero) is 2. The molecule has 0 heterocycles. The molecule has 1 N–H and O–H groups in total. The van der Waals surface area contributed by atoms with E-state index in [-0.39, 0.29) is 19.8 Å². The summed E-state index contributed by atoms with van der Waals surface area (Å²) in [6.45, 7) is 1.32. The van der Waals surface area contributed by atoms with Gasteiger partial charge in [0.1, 0.15) is 6.61 Å². The van der Waals surface area contributed by atoms with Crippen LogP contribution >= 0.6 is 0 Å². The van der Waals surface area contributed by atoms with Crippen LogP contribution in [0.4, 0.5) is 4.79 Å². The summed E-state index contributed by atoms with van der Waals surface area (Å²) in [5, 5.41) is 2.35. The van der Waals surface area contributed by atoms with Gasteiger partial charge in [0.15, 0.2) is 5.78 Å². The molecule has 80 valence electrons. The molecule has 0 aliphatic heterocycles. The molecule has 0 atom stereocenters. The van der Waals surface area contributed by atoms with Crippen LogP contribution in [0.5, 0.6) is 0 Å². The Bertz CT molecular complexity index is 226. The third-order valence-electron chi connectivity index (χ3n) is 1.33. The van der Waals surface area contributed by atoms with E-state index < -0.39 is 17.7 Å². The highest BCUT2D eigenvalue weighted by Crippen LogP contribution is 1.80. The minimum absolute atomic E-state index is 0.161. The molecular weight excluding hydrogens is 190 g/mol. The maximum atomic E-state index is 10.7. The van der Waals surface area contributed by atoms with Gasteiger partial charge in [-0.25, -0.2) is 4.79 Å². The first-order chi connectivity index (χ1) is 6.57. The first kappa shape index (κ1) is 12.6. The van der Waals surface area contributed by atoms with E-state index in [2.05, 4.69) is 10.1 Å². The van der Waals surface area contributed by atoms with E-state index in [0.717, 1.165) is 0 Å². The number of hydrogen-bond donors (Lipinski definition) is 1. The number of carbonyl (C=O) groups excluding carboxylic acids is 3. The molecule has 0 aromatic heterocycles. The van der Waals surface area contributed by atoms with Crippen LogP contribution in [0.15, 0.2) is 0 Å². The van der Waals surface area contributed by atoms with Gasteiger partial charge >= 0.3 is 6.09 Å². The number of alkyl carbamates (subject to hydrolysis) is 1. The average Bonchev–Trinajstić information content (AvgIpc) is 2.16. The zero-order valence-electron chi connectivity index (χ0n) is 8.16. The van der Waals surface area contributed by atoms with Crippen molar-refractivity contribution in [3.8, 4) is 0 Å². The predicted molar refractivity (Wildman–Crippen MR) is 46.9 cm³/mol.